The number of carbonyl (C=O) groups excluding carboxylic acids is 2. The van der Waals surface area contributed by atoms with Crippen molar-refractivity contribution in [2.75, 3.05) is 6.54 Å². The molecule has 0 bridgehead atoms. The van der Waals surface area contributed by atoms with Gasteiger partial charge in [-0.1, -0.05) is 35.3 Å². The number of ketones is 2. The van der Waals surface area contributed by atoms with Crippen molar-refractivity contribution in [3.8, 4) is 5.75 Å². The maximum Gasteiger partial charge on any atom is 0.323 e. The van der Waals surface area contributed by atoms with Gasteiger partial charge in [-0.3, -0.25) is 14.4 Å². The van der Waals surface area contributed by atoms with Gasteiger partial charge in [0.2, 0.25) is 0 Å². The molecule has 0 radical (unpaired) electrons. The smallest absolute Gasteiger partial charge is 0.323 e. The first kappa shape index (κ1) is 25.5. The monoisotopic (exact) mass is 543 g/mol. The normalized spacial score (nSPS) is 18.2. The first-order chi connectivity index (χ1) is 17.7. The Bertz CT molecular complexity index is 1320. The van der Waals surface area contributed by atoms with Crippen molar-refractivity contribution >= 4 is 40.7 Å². The number of rotatable bonds is 6. The molecule has 0 amide bonds. The van der Waals surface area contributed by atoms with E-state index in [1.54, 1.807) is 23.1 Å². The van der Waals surface area contributed by atoms with E-state index >= 15 is 0 Å². The lowest BCUT2D eigenvalue weighted by molar-refractivity contribution is -0.138. The predicted molar refractivity (Wildman–Crippen MR) is 136 cm³/mol. The van der Waals surface area contributed by atoms with Crippen LogP contribution in [-0.4, -0.2) is 34.1 Å². The van der Waals surface area contributed by atoms with Crippen LogP contribution in [0.5, 0.6) is 5.75 Å². The zero-order valence-corrected chi connectivity index (χ0v) is 21.4. The van der Waals surface area contributed by atoms with Crippen molar-refractivity contribution < 1.29 is 28.6 Å². The number of aliphatic carboxylic acids is 1. The van der Waals surface area contributed by atoms with Crippen LogP contribution in [0.15, 0.2) is 58.9 Å². The van der Waals surface area contributed by atoms with Gasteiger partial charge in [-0.05, 0) is 55.5 Å². The molecule has 2 aromatic carbocycles. The van der Waals surface area contributed by atoms with Crippen LogP contribution in [0.4, 0.5) is 4.39 Å². The van der Waals surface area contributed by atoms with Crippen molar-refractivity contribution in [1.29, 1.82) is 0 Å². The Morgan fingerprint density at radius 2 is 1.57 bits per heavy atom. The molecule has 0 saturated carbocycles. The van der Waals surface area contributed by atoms with E-state index in [1.165, 1.54) is 18.2 Å². The molecule has 0 aromatic heterocycles. The molecule has 2 aliphatic carbocycles. The molecule has 2 aromatic rings. The third-order valence-corrected chi connectivity index (χ3v) is 7.52. The van der Waals surface area contributed by atoms with Gasteiger partial charge < -0.3 is 14.7 Å². The highest BCUT2D eigenvalue weighted by molar-refractivity contribution is 6.35. The van der Waals surface area contributed by atoms with Gasteiger partial charge in [0, 0.05) is 51.9 Å². The number of nitrogens with zero attached hydrogens (tertiary/aromatic N) is 1. The van der Waals surface area contributed by atoms with Crippen LogP contribution in [0.1, 0.15) is 55.6 Å². The molecule has 1 heterocycles. The van der Waals surface area contributed by atoms with E-state index in [0.29, 0.717) is 77.2 Å². The second-order valence-electron chi connectivity index (χ2n) is 9.41. The summed E-state index contributed by atoms with van der Waals surface area (Å²) in [5, 5.41) is 10.2. The highest BCUT2D eigenvalue weighted by Gasteiger charge is 2.45. The summed E-state index contributed by atoms with van der Waals surface area (Å²) in [6.45, 7) is -0.249. The number of hydrogen-bond donors (Lipinski definition) is 1. The third kappa shape index (κ3) is 4.90. The van der Waals surface area contributed by atoms with Crippen molar-refractivity contribution in [2.45, 2.75) is 51.0 Å². The molecule has 0 spiro atoms. The van der Waals surface area contributed by atoms with E-state index in [0.717, 1.165) is 0 Å². The minimum absolute atomic E-state index is 0.0756. The molecule has 1 N–H and O–H groups in total. The van der Waals surface area contributed by atoms with Crippen LogP contribution in [-0.2, 0) is 21.0 Å². The fraction of sp³-hybridized carbons (Fsp3) is 0.321. The number of carboxylic acid groups (broad SMARTS) is 1. The Morgan fingerprint density at radius 3 is 2.14 bits per heavy atom. The van der Waals surface area contributed by atoms with Crippen molar-refractivity contribution in [2.24, 2.45) is 0 Å². The summed E-state index contributed by atoms with van der Waals surface area (Å²) in [5.74, 6) is -2.16. The highest BCUT2D eigenvalue weighted by Crippen LogP contribution is 2.52. The molecule has 0 unspecified atom stereocenters. The van der Waals surface area contributed by atoms with Gasteiger partial charge >= 0.3 is 5.97 Å². The van der Waals surface area contributed by atoms with Crippen LogP contribution in [0.2, 0.25) is 10.0 Å². The van der Waals surface area contributed by atoms with Gasteiger partial charge in [0.1, 0.15) is 24.7 Å². The Morgan fingerprint density at radius 1 is 0.973 bits per heavy atom. The number of ether oxygens (including phenoxy) is 1. The second-order valence-corrected chi connectivity index (χ2v) is 10.3. The first-order valence-corrected chi connectivity index (χ1v) is 12.9. The molecule has 9 heteroatoms. The molecule has 192 valence electrons. The van der Waals surface area contributed by atoms with Crippen LogP contribution in [0.3, 0.4) is 0 Å². The largest absolute Gasteiger partial charge is 0.487 e. The molecule has 5 rings (SSSR count). The number of hydrogen-bond acceptors (Lipinski definition) is 5. The fourth-order valence-corrected chi connectivity index (χ4v) is 6.10. The zero-order valence-electron chi connectivity index (χ0n) is 19.9. The Balaban J connectivity index is 1.68. The quantitative estimate of drug-likeness (QED) is 0.466. The number of halogens is 3. The molecule has 6 nitrogen and oxygen atoms in total. The van der Waals surface area contributed by atoms with Crippen LogP contribution < -0.4 is 4.74 Å². The number of Topliss-reactive ketones (excluding diaryl/α,β-unsaturated/α-hetero) is 2. The summed E-state index contributed by atoms with van der Waals surface area (Å²) >= 11 is 13.0. The summed E-state index contributed by atoms with van der Waals surface area (Å²) in [5.41, 5.74) is 3.28. The topological polar surface area (TPSA) is 83.9 Å². The first-order valence-electron chi connectivity index (χ1n) is 12.1. The van der Waals surface area contributed by atoms with Gasteiger partial charge in [-0.15, -0.1) is 0 Å². The number of carbonyl (C=O) groups is 3. The van der Waals surface area contributed by atoms with E-state index in [4.69, 9.17) is 27.9 Å². The van der Waals surface area contributed by atoms with Crippen molar-refractivity contribution in [1.82, 2.24) is 4.90 Å². The van der Waals surface area contributed by atoms with Gasteiger partial charge in [0.25, 0.3) is 0 Å². The minimum Gasteiger partial charge on any atom is -0.487 e. The Labute approximate surface area is 223 Å². The Kier molecular flexibility index (Phi) is 7.10. The summed E-state index contributed by atoms with van der Waals surface area (Å²) < 4.78 is 19.5. The lowest BCUT2D eigenvalue weighted by atomic mass is 9.70. The minimum atomic E-state index is -1.04. The third-order valence-electron chi connectivity index (χ3n) is 7.02. The van der Waals surface area contributed by atoms with Crippen molar-refractivity contribution in [3.05, 3.63) is 85.9 Å². The second kappa shape index (κ2) is 10.3. The SMILES string of the molecule is O=C(O)CN1C2=C(C(=O)CCC2)C(c2cc(Cl)cc(Cl)c2OCc2ccc(F)cc2)C2=C1CCCC2=O. The molecule has 0 saturated heterocycles. The van der Waals surface area contributed by atoms with E-state index in [1.807, 2.05) is 0 Å². The fourth-order valence-electron chi connectivity index (χ4n) is 5.54. The van der Waals surface area contributed by atoms with Gasteiger partial charge in [-0.2, -0.15) is 0 Å². The lowest BCUT2D eigenvalue weighted by Crippen LogP contribution is -2.41. The van der Waals surface area contributed by atoms with Gasteiger partial charge in [-0.25, -0.2) is 4.39 Å². The lowest BCUT2D eigenvalue weighted by Gasteiger charge is -2.43. The van der Waals surface area contributed by atoms with Crippen LogP contribution >= 0.6 is 23.2 Å². The summed E-state index contributed by atoms with van der Waals surface area (Å²) in [4.78, 5) is 40.3. The Hall–Kier alpha value is -3.16. The molecule has 37 heavy (non-hydrogen) atoms. The average Bonchev–Trinajstić information content (AvgIpc) is 2.85. The van der Waals surface area contributed by atoms with E-state index in [2.05, 4.69) is 0 Å². The molecule has 3 aliphatic rings. The van der Waals surface area contributed by atoms with Crippen LogP contribution in [0.25, 0.3) is 0 Å². The maximum atomic E-state index is 13.4. The van der Waals surface area contributed by atoms with E-state index < -0.39 is 11.9 Å². The molecule has 1 aliphatic heterocycles. The summed E-state index contributed by atoms with van der Waals surface area (Å²) in [6.07, 6.45) is 2.84. The number of carboxylic acids is 1. The predicted octanol–water partition coefficient (Wildman–Crippen LogP) is 6.21. The molecule has 0 atom stereocenters. The van der Waals surface area contributed by atoms with Crippen molar-refractivity contribution in [3.63, 3.8) is 0 Å². The highest BCUT2D eigenvalue weighted by atomic mass is 35.5. The zero-order chi connectivity index (χ0) is 26.3. The molecular weight excluding hydrogens is 520 g/mol. The number of allylic oxidation sites excluding steroid dienone is 4. The summed E-state index contributed by atoms with van der Waals surface area (Å²) in [6, 6.07) is 9.04. The number of benzene rings is 2. The van der Waals surface area contributed by atoms with E-state index in [-0.39, 0.29) is 41.3 Å². The average molecular weight is 544 g/mol. The maximum absolute atomic E-state index is 13.4. The molecular formula is C28H24Cl2FNO5. The summed E-state index contributed by atoms with van der Waals surface area (Å²) in [7, 11) is 0. The molecule has 0 fully saturated rings. The standard InChI is InChI=1S/C28H24Cl2FNO5/c29-16-11-18(28(19(30)12-16)37-14-15-7-9-17(31)10-8-15)25-26-20(3-1-5-22(26)33)32(13-24(35)36)21-4-2-6-23(34)27(21)25/h7-12,25H,1-6,13-14H2,(H,35,36). The van der Waals surface area contributed by atoms with E-state index in [9.17, 15) is 23.9 Å². The van der Waals surface area contributed by atoms with Gasteiger partial charge in [0.15, 0.2) is 11.6 Å². The van der Waals surface area contributed by atoms with Crippen LogP contribution in [0, 0.1) is 5.82 Å². The van der Waals surface area contributed by atoms with Gasteiger partial charge in [0.05, 0.1) is 5.02 Å².